The molecule has 6 N–H and O–H groups in total. The molecule has 2 saturated carbocycles. The van der Waals surface area contributed by atoms with Crippen LogP contribution in [0.15, 0.2) is 30.3 Å². The first kappa shape index (κ1) is 29.5. The van der Waals surface area contributed by atoms with Crippen molar-refractivity contribution in [2.45, 2.75) is 44.6 Å². The molecule has 0 spiro atoms. The van der Waals surface area contributed by atoms with Gasteiger partial charge in [0.1, 0.15) is 5.75 Å². The van der Waals surface area contributed by atoms with Gasteiger partial charge in [-0.2, -0.15) is 0 Å². The van der Waals surface area contributed by atoms with Crippen LogP contribution in [0, 0.1) is 33.8 Å². The molecule has 0 radical (unpaired) electrons. The predicted octanol–water partition coefficient (Wildman–Crippen LogP) is 2.00. The lowest BCUT2D eigenvalue weighted by molar-refractivity contribution is -0.384. The number of fused-ring (bicyclic) bond motifs is 3. The van der Waals surface area contributed by atoms with Crippen molar-refractivity contribution in [3.05, 3.63) is 57.1 Å². The van der Waals surface area contributed by atoms with Crippen LogP contribution in [0.5, 0.6) is 5.75 Å². The standard InChI is InChI=1S/C29H28N4O10/c1-11(2)16-10-18(32-28(40)31-14-3-5-15(6-4-14)33(42)43)23(35)21-17(16)8-12-7-13-9-19(34)22(27(30)39)26(38)29(13,41)25(37)20(12)24(21)36/h3-6,10-13,20,22,35,41H,7-9H2,1-2H3,(H2,30,39)(H2,31,32,40)/t12-,13+,20?,22?,29+/m1/s1. The molecule has 0 aromatic heterocycles. The molecular formula is C29H28N4O10. The van der Waals surface area contributed by atoms with Gasteiger partial charge in [-0.05, 0) is 54.0 Å². The Kier molecular flexibility index (Phi) is 7.12. The average molecular weight is 593 g/mol. The third-order valence-electron chi connectivity index (χ3n) is 8.64. The van der Waals surface area contributed by atoms with Gasteiger partial charge in [-0.25, -0.2) is 4.79 Å². The van der Waals surface area contributed by atoms with E-state index in [1.54, 1.807) is 0 Å². The lowest BCUT2D eigenvalue weighted by Gasteiger charge is -2.48. The second kappa shape index (κ2) is 10.4. The Morgan fingerprint density at radius 3 is 2.30 bits per heavy atom. The van der Waals surface area contributed by atoms with Crippen LogP contribution in [-0.2, 0) is 25.6 Å². The summed E-state index contributed by atoms with van der Waals surface area (Å²) in [6.07, 6.45) is -0.347. The molecule has 14 nitrogen and oxygen atoms in total. The molecule has 14 heteroatoms. The minimum absolute atomic E-state index is 0.0308. The number of nitrogens with zero attached hydrogens (tertiary/aromatic N) is 1. The molecule has 0 aliphatic heterocycles. The minimum Gasteiger partial charge on any atom is -0.505 e. The third-order valence-corrected chi connectivity index (χ3v) is 8.64. The van der Waals surface area contributed by atoms with Crippen LogP contribution in [0.2, 0.25) is 0 Å². The molecule has 224 valence electrons. The van der Waals surface area contributed by atoms with Crippen molar-refractivity contribution < 1.29 is 43.9 Å². The zero-order chi connectivity index (χ0) is 31.5. The number of hydrogen-bond acceptors (Lipinski definition) is 10. The van der Waals surface area contributed by atoms with E-state index in [0.29, 0.717) is 11.1 Å². The molecule has 3 aliphatic rings. The van der Waals surface area contributed by atoms with Gasteiger partial charge in [0.2, 0.25) is 5.91 Å². The van der Waals surface area contributed by atoms with E-state index in [2.05, 4.69) is 10.6 Å². The molecular weight excluding hydrogens is 564 g/mol. The van der Waals surface area contributed by atoms with Crippen molar-refractivity contribution >= 4 is 52.1 Å². The van der Waals surface area contributed by atoms with E-state index < -0.39 is 81.4 Å². The summed E-state index contributed by atoms with van der Waals surface area (Å²) in [6, 6.07) is 5.67. The number of Topliss-reactive ketones (excluding diaryl/α,β-unsaturated/α-hetero) is 4. The van der Waals surface area contributed by atoms with E-state index in [1.807, 2.05) is 13.8 Å². The summed E-state index contributed by atoms with van der Waals surface area (Å²) < 4.78 is 0. The fourth-order valence-corrected chi connectivity index (χ4v) is 6.62. The monoisotopic (exact) mass is 592 g/mol. The van der Waals surface area contributed by atoms with Gasteiger partial charge >= 0.3 is 6.03 Å². The topological polar surface area (TPSA) is 236 Å². The first-order valence-corrected chi connectivity index (χ1v) is 13.5. The Labute approximate surface area is 243 Å². The number of amides is 3. The van der Waals surface area contributed by atoms with E-state index in [0.717, 1.165) is 0 Å². The van der Waals surface area contributed by atoms with Gasteiger partial charge in [0.25, 0.3) is 5.69 Å². The van der Waals surface area contributed by atoms with Crippen LogP contribution in [0.25, 0.3) is 0 Å². The first-order valence-electron chi connectivity index (χ1n) is 13.5. The number of non-ortho nitro benzene ring substituents is 1. The number of phenolic OH excluding ortho intramolecular Hbond substituents is 1. The van der Waals surface area contributed by atoms with Gasteiger partial charge < -0.3 is 26.6 Å². The minimum atomic E-state index is -2.76. The van der Waals surface area contributed by atoms with E-state index in [1.165, 1.54) is 30.3 Å². The number of primary amides is 1. The van der Waals surface area contributed by atoms with Crippen LogP contribution < -0.4 is 16.4 Å². The van der Waals surface area contributed by atoms with Crippen LogP contribution in [0.4, 0.5) is 21.9 Å². The molecule has 5 atom stereocenters. The zero-order valence-electron chi connectivity index (χ0n) is 23.1. The number of benzene rings is 2. The second-order valence-electron chi connectivity index (χ2n) is 11.5. The molecule has 43 heavy (non-hydrogen) atoms. The van der Waals surface area contributed by atoms with E-state index in [9.17, 15) is 49.1 Å². The normalized spacial score (nSPS) is 26.3. The molecule has 2 unspecified atom stereocenters. The maximum Gasteiger partial charge on any atom is 0.323 e. The molecule has 2 aromatic carbocycles. The SMILES string of the molecule is CC(C)c1cc(NC(=O)Nc2ccc([N+](=O)[O-])cc2)c(O)c2c1C[C@H]1C[C@H]3CC(=O)C(C(N)=O)C(=O)[C@@]3(O)C(=O)C1C2=O. The van der Waals surface area contributed by atoms with Crippen LogP contribution in [-0.4, -0.2) is 55.8 Å². The van der Waals surface area contributed by atoms with Gasteiger partial charge in [0, 0.05) is 30.2 Å². The molecule has 0 heterocycles. The maximum atomic E-state index is 13.9. The zero-order valence-corrected chi connectivity index (χ0v) is 23.1. The summed E-state index contributed by atoms with van der Waals surface area (Å²) in [7, 11) is 0. The Morgan fingerprint density at radius 1 is 1.07 bits per heavy atom. The summed E-state index contributed by atoms with van der Waals surface area (Å²) in [5.74, 6) is -11.6. The number of anilines is 2. The van der Waals surface area contributed by atoms with Crippen molar-refractivity contribution in [3.63, 3.8) is 0 Å². The molecule has 2 aromatic rings. The Morgan fingerprint density at radius 2 is 1.72 bits per heavy atom. The largest absolute Gasteiger partial charge is 0.505 e. The fourth-order valence-electron chi connectivity index (χ4n) is 6.62. The summed E-state index contributed by atoms with van der Waals surface area (Å²) in [6.45, 7) is 3.66. The summed E-state index contributed by atoms with van der Waals surface area (Å²) in [5, 5.41) is 38.4. The van der Waals surface area contributed by atoms with Crippen LogP contribution in [0.1, 0.15) is 54.1 Å². The average Bonchev–Trinajstić information content (AvgIpc) is 2.92. The van der Waals surface area contributed by atoms with Crippen molar-refractivity contribution in [1.82, 2.24) is 0 Å². The fraction of sp³-hybridized carbons (Fsp3) is 0.379. The molecule has 3 amide bonds. The van der Waals surface area contributed by atoms with Gasteiger partial charge in [-0.15, -0.1) is 0 Å². The number of aromatic hydroxyl groups is 1. The highest BCUT2D eigenvalue weighted by Gasteiger charge is 2.66. The van der Waals surface area contributed by atoms with Crippen LogP contribution >= 0.6 is 0 Å². The highest BCUT2D eigenvalue weighted by atomic mass is 16.6. The van der Waals surface area contributed by atoms with Gasteiger partial charge in [0.15, 0.2) is 34.7 Å². The second-order valence-corrected chi connectivity index (χ2v) is 11.5. The highest BCUT2D eigenvalue weighted by molar-refractivity contribution is 6.31. The van der Waals surface area contributed by atoms with Crippen molar-refractivity contribution in [2.24, 2.45) is 29.4 Å². The Bertz CT molecular complexity index is 1630. The number of carbonyl (C=O) groups is 6. The number of carbonyl (C=O) groups excluding carboxylic acids is 6. The quantitative estimate of drug-likeness (QED) is 0.146. The lowest BCUT2D eigenvalue weighted by Crippen LogP contribution is -2.68. The predicted molar refractivity (Wildman–Crippen MR) is 148 cm³/mol. The van der Waals surface area contributed by atoms with Crippen molar-refractivity contribution in [2.75, 3.05) is 10.6 Å². The Hall–Kier alpha value is -4.98. The number of nitrogens with two attached hydrogens (primary N) is 1. The molecule has 3 aliphatic carbocycles. The van der Waals surface area contributed by atoms with E-state index in [-0.39, 0.29) is 41.4 Å². The summed E-state index contributed by atoms with van der Waals surface area (Å²) in [4.78, 5) is 88.2. The maximum absolute atomic E-state index is 13.9. The number of phenols is 1. The molecule has 0 bridgehead atoms. The number of nitrogens with one attached hydrogen (secondary N) is 2. The number of hydrogen-bond donors (Lipinski definition) is 5. The number of ketones is 4. The van der Waals surface area contributed by atoms with Crippen molar-refractivity contribution in [1.29, 1.82) is 0 Å². The lowest BCUT2D eigenvalue weighted by atomic mass is 9.53. The highest BCUT2D eigenvalue weighted by Crippen LogP contribution is 2.51. The van der Waals surface area contributed by atoms with Gasteiger partial charge in [0.05, 0.1) is 22.1 Å². The Balaban J connectivity index is 1.50. The number of nitro benzene ring substituents is 1. The number of rotatable bonds is 5. The van der Waals surface area contributed by atoms with E-state index in [4.69, 9.17) is 5.73 Å². The molecule has 0 saturated heterocycles. The van der Waals surface area contributed by atoms with Gasteiger partial charge in [-0.1, -0.05) is 13.8 Å². The summed E-state index contributed by atoms with van der Waals surface area (Å²) in [5.41, 5.74) is 3.14. The van der Waals surface area contributed by atoms with E-state index >= 15 is 0 Å². The van der Waals surface area contributed by atoms with Crippen LogP contribution in [0.3, 0.4) is 0 Å². The van der Waals surface area contributed by atoms with Crippen molar-refractivity contribution in [3.8, 4) is 5.75 Å². The molecule has 2 fully saturated rings. The first-order chi connectivity index (χ1) is 20.2. The smallest absolute Gasteiger partial charge is 0.323 e. The van der Waals surface area contributed by atoms with Gasteiger partial charge in [-0.3, -0.25) is 34.1 Å². The molecule has 5 rings (SSSR count). The third kappa shape index (κ3) is 4.63. The summed E-state index contributed by atoms with van der Waals surface area (Å²) >= 11 is 0. The number of aliphatic hydroxyl groups is 1. The number of nitro groups is 1. The number of urea groups is 1.